The number of rotatable bonds is 9. The fraction of sp³-hybridized carbons (Fsp3) is 0.850. The molecule has 2 aliphatic rings. The van der Waals surface area contributed by atoms with Gasteiger partial charge in [-0.25, -0.2) is 0 Å². The van der Waals surface area contributed by atoms with Crippen LogP contribution in [0.2, 0.25) is 0 Å². The van der Waals surface area contributed by atoms with E-state index in [1.54, 1.807) is 11.9 Å². The fourth-order valence-corrected chi connectivity index (χ4v) is 4.20. The van der Waals surface area contributed by atoms with Crippen molar-refractivity contribution in [3.8, 4) is 0 Å². The molecule has 0 saturated carbocycles. The van der Waals surface area contributed by atoms with E-state index in [0.717, 1.165) is 45.7 Å². The van der Waals surface area contributed by atoms with Crippen molar-refractivity contribution < 1.29 is 9.59 Å². The van der Waals surface area contributed by atoms with Gasteiger partial charge in [0.05, 0.1) is 0 Å². The first kappa shape index (κ1) is 22.1. The van der Waals surface area contributed by atoms with Crippen LogP contribution in [0.4, 0.5) is 0 Å². The smallest absolute Gasteiger partial charge is 0.250 e. The van der Waals surface area contributed by atoms with Crippen LogP contribution in [0.1, 0.15) is 52.9 Å². The lowest BCUT2D eigenvalue weighted by Gasteiger charge is -2.35. The van der Waals surface area contributed by atoms with Gasteiger partial charge in [0.15, 0.2) is 5.11 Å². The second-order valence-electron chi connectivity index (χ2n) is 8.14. The summed E-state index contributed by atoms with van der Waals surface area (Å²) in [6.07, 6.45) is 5.95. The highest BCUT2D eigenvalue weighted by molar-refractivity contribution is 7.80. The molecule has 27 heavy (non-hydrogen) atoms. The Morgan fingerprint density at radius 1 is 1.04 bits per heavy atom. The second-order valence-corrected chi connectivity index (χ2v) is 8.50. The van der Waals surface area contributed by atoms with Crippen molar-refractivity contribution >= 4 is 29.1 Å². The first-order valence-corrected chi connectivity index (χ1v) is 10.8. The summed E-state index contributed by atoms with van der Waals surface area (Å²) in [5, 5.41) is 0.669. The number of amides is 2. The van der Waals surface area contributed by atoms with Gasteiger partial charge < -0.3 is 9.80 Å². The summed E-state index contributed by atoms with van der Waals surface area (Å²) < 4.78 is 0. The van der Waals surface area contributed by atoms with Gasteiger partial charge in [-0.15, -0.1) is 0 Å². The van der Waals surface area contributed by atoms with Crippen LogP contribution in [0.3, 0.4) is 0 Å². The Balaban J connectivity index is 1.51. The molecule has 2 saturated heterocycles. The molecule has 154 valence electrons. The molecule has 0 spiro atoms. The molecule has 0 aliphatic carbocycles. The highest BCUT2D eigenvalue weighted by Gasteiger charge is 2.36. The molecule has 7 heteroatoms. The summed E-state index contributed by atoms with van der Waals surface area (Å²) in [7, 11) is 1.76. The zero-order valence-corrected chi connectivity index (χ0v) is 18.3. The van der Waals surface area contributed by atoms with Crippen LogP contribution in [0.15, 0.2) is 0 Å². The molecule has 0 aromatic heterocycles. The van der Waals surface area contributed by atoms with Crippen molar-refractivity contribution in [3.05, 3.63) is 0 Å². The number of nitrogens with zero attached hydrogens (tertiary/aromatic N) is 4. The third-order valence-corrected chi connectivity index (χ3v) is 6.25. The Morgan fingerprint density at radius 2 is 1.59 bits per heavy atom. The number of carbonyl (C=O) groups excluding carboxylic acids is 2. The van der Waals surface area contributed by atoms with E-state index in [0.29, 0.717) is 5.11 Å². The van der Waals surface area contributed by atoms with Gasteiger partial charge in [0.1, 0.15) is 6.04 Å². The first-order chi connectivity index (χ1) is 12.8. The minimum atomic E-state index is -0.108. The predicted octanol–water partition coefficient (Wildman–Crippen LogP) is 2.18. The number of likely N-dealkylation sites (N-methyl/N-ethyl adjacent to an activating group) is 1. The maximum Gasteiger partial charge on any atom is 0.250 e. The van der Waals surface area contributed by atoms with Crippen molar-refractivity contribution in [2.45, 2.75) is 58.9 Å². The number of hydrogen-bond donors (Lipinski definition) is 0. The van der Waals surface area contributed by atoms with Crippen LogP contribution >= 0.6 is 12.2 Å². The maximum absolute atomic E-state index is 12.0. The van der Waals surface area contributed by atoms with Gasteiger partial charge in [-0.05, 0) is 38.5 Å². The minimum Gasteiger partial charge on any atom is -0.340 e. The number of carbonyl (C=O) groups is 2. The molecule has 0 N–H and O–H groups in total. The molecule has 1 atom stereocenters. The average Bonchev–Trinajstić information content (AvgIpc) is 2.84. The molecule has 6 nitrogen and oxygen atoms in total. The van der Waals surface area contributed by atoms with Crippen LogP contribution in [0.5, 0.6) is 0 Å². The highest BCUT2D eigenvalue weighted by atomic mass is 32.1. The van der Waals surface area contributed by atoms with Crippen LogP contribution in [-0.2, 0) is 9.59 Å². The van der Waals surface area contributed by atoms with Gasteiger partial charge in [0.25, 0.3) is 5.91 Å². The molecule has 2 heterocycles. The van der Waals surface area contributed by atoms with E-state index in [1.807, 2.05) is 25.7 Å². The van der Waals surface area contributed by atoms with Crippen molar-refractivity contribution in [1.82, 2.24) is 19.6 Å². The van der Waals surface area contributed by atoms with E-state index in [9.17, 15) is 9.59 Å². The van der Waals surface area contributed by atoms with Gasteiger partial charge in [0.2, 0.25) is 5.91 Å². The van der Waals surface area contributed by atoms with Crippen molar-refractivity contribution in [3.63, 3.8) is 0 Å². The first-order valence-electron chi connectivity index (χ1n) is 10.4. The summed E-state index contributed by atoms with van der Waals surface area (Å²) in [4.78, 5) is 32.1. The number of unbranched alkanes of at least 4 members (excludes halogenated alkanes) is 4. The van der Waals surface area contributed by atoms with E-state index in [4.69, 9.17) is 12.2 Å². The number of thiocarbonyl (C=S) groups is 1. The van der Waals surface area contributed by atoms with Crippen molar-refractivity contribution in [2.75, 3.05) is 46.3 Å². The van der Waals surface area contributed by atoms with Crippen LogP contribution in [0.25, 0.3) is 0 Å². The van der Waals surface area contributed by atoms with E-state index in [-0.39, 0.29) is 23.8 Å². The molecular formula is C20H36N4O2S. The largest absolute Gasteiger partial charge is 0.340 e. The monoisotopic (exact) mass is 396 g/mol. The average molecular weight is 397 g/mol. The Bertz CT molecular complexity index is 532. The molecule has 0 bridgehead atoms. The summed E-state index contributed by atoms with van der Waals surface area (Å²) in [5.74, 6) is 0.498. The molecule has 2 amide bonds. The molecule has 1 unspecified atom stereocenters. The topological polar surface area (TPSA) is 47.1 Å². The van der Waals surface area contributed by atoms with Crippen molar-refractivity contribution in [2.24, 2.45) is 5.92 Å². The molecule has 2 aliphatic heterocycles. The molecule has 0 aromatic rings. The predicted molar refractivity (Wildman–Crippen MR) is 112 cm³/mol. The lowest BCUT2D eigenvalue weighted by Crippen LogP contribution is -2.49. The lowest BCUT2D eigenvalue weighted by molar-refractivity contribution is -0.136. The van der Waals surface area contributed by atoms with E-state index in [1.165, 1.54) is 25.7 Å². The molecule has 2 fully saturated rings. The van der Waals surface area contributed by atoms with Crippen LogP contribution < -0.4 is 0 Å². The normalized spacial score (nSPS) is 21.7. The van der Waals surface area contributed by atoms with Gasteiger partial charge in [-0.1, -0.05) is 33.1 Å². The summed E-state index contributed by atoms with van der Waals surface area (Å²) in [5.41, 5.74) is 0. The lowest BCUT2D eigenvalue weighted by atomic mass is 10.1. The summed E-state index contributed by atoms with van der Waals surface area (Å²) >= 11 is 5.35. The van der Waals surface area contributed by atoms with Crippen molar-refractivity contribution in [1.29, 1.82) is 0 Å². The van der Waals surface area contributed by atoms with E-state index >= 15 is 0 Å². The highest BCUT2D eigenvalue weighted by Crippen LogP contribution is 2.17. The molecule has 0 radical (unpaired) electrons. The second kappa shape index (κ2) is 10.4. The summed E-state index contributed by atoms with van der Waals surface area (Å²) in [6, 6.07) is -0.108. The van der Waals surface area contributed by atoms with E-state index in [2.05, 4.69) is 9.80 Å². The zero-order chi connectivity index (χ0) is 20.0. The van der Waals surface area contributed by atoms with Gasteiger partial charge >= 0.3 is 0 Å². The standard InChI is InChI=1S/C20H36N4O2S/c1-16(2)18(25)23-14-12-22(13-15-23)10-8-6-5-7-9-11-24-17(3)19(26)21(4)20(24)27/h16-17H,5-15H2,1-4H3. The Labute approximate surface area is 169 Å². The van der Waals surface area contributed by atoms with Crippen LogP contribution in [-0.4, -0.2) is 88.9 Å². The number of piperazine rings is 1. The Hall–Kier alpha value is -1.21. The Kier molecular flexibility index (Phi) is 8.48. The van der Waals surface area contributed by atoms with Gasteiger partial charge in [-0.2, -0.15) is 0 Å². The SMILES string of the molecule is CC(C)C(=O)N1CCN(CCCCCCCN2C(=S)N(C)C(=O)C2C)CC1. The molecular weight excluding hydrogens is 360 g/mol. The third-order valence-electron chi connectivity index (χ3n) is 5.74. The minimum absolute atomic E-state index is 0.105. The quantitative estimate of drug-likeness (QED) is 0.442. The third kappa shape index (κ3) is 5.88. The van der Waals surface area contributed by atoms with Gasteiger partial charge in [0, 0.05) is 45.7 Å². The van der Waals surface area contributed by atoms with E-state index < -0.39 is 0 Å². The number of hydrogen-bond acceptors (Lipinski definition) is 4. The summed E-state index contributed by atoms with van der Waals surface area (Å²) in [6.45, 7) is 11.7. The maximum atomic E-state index is 12.0. The van der Waals surface area contributed by atoms with Crippen LogP contribution in [0, 0.1) is 5.92 Å². The van der Waals surface area contributed by atoms with Gasteiger partial charge in [-0.3, -0.25) is 19.4 Å². The fourth-order valence-electron chi connectivity index (χ4n) is 3.86. The zero-order valence-electron chi connectivity index (χ0n) is 17.4. The molecule has 0 aromatic carbocycles. The molecule has 2 rings (SSSR count). The Morgan fingerprint density at radius 3 is 2.11 bits per heavy atom.